The van der Waals surface area contributed by atoms with E-state index in [0.717, 1.165) is 38.1 Å². The lowest BCUT2D eigenvalue weighted by molar-refractivity contribution is 0.152. The number of likely N-dealkylation sites (tertiary alicyclic amines) is 1. The van der Waals surface area contributed by atoms with Crippen LogP contribution in [-0.2, 0) is 0 Å². The molecule has 6 heteroatoms. The molecule has 24 heavy (non-hydrogen) atoms. The maximum atomic E-state index is 4.87. The van der Waals surface area contributed by atoms with Crippen LogP contribution in [0.1, 0.15) is 39.5 Å². The van der Waals surface area contributed by atoms with Crippen LogP contribution >= 0.6 is 24.0 Å². The number of unbranched alkanes of at least 4 members (excludes halogenated alkanes) is 1. The van der Waals surface area contributed by atoms with Gasteiger partial charge in [0.2, 0.25) is 0 Å². The lowest BCUT2D eigenvalue weighted by Gasteiger charge is -2.33. The van der Waals surface area contributed by atoms with Gasteiger partial charge in [-0.3, -0.25) is 4.99 Å². The molecule has 1 unspecified atom stereocenters. The van der Waals surface area contributed by atoms with Gasteiger partial charge in [-0.25, -0.2) is 0 Å². The van der Waals surface area contributed by atoms with Gasteiger partial charge in [-0.1, -0.05) is 6.92 Å². The minimum atomic E-state index is 0. The minimum Gasteiger partial charge on any atom is -0.357 e. The average Bonchev–Trinajstić information content (AvgIpc) is 2.55. The Balaban J connectivity index is 0.00000288. The van der Waals surface area contributed by atoms with Crippen molar-refractivity contribution < 1.29 is 0 Å². The van der Waals surface area contributed by atoms with E-state index in [2.05, 4.69) is 40.9 Å². The highest BCUT2D eigenvalue weighted by Gasteiger charge is 2.19. The molecule has 1 atom stereocenters. The molecule has 0 radical (unpaired) electrons. The smallest absolute Gasteiger partial charge is 0.193 e. The predicted molar refractivity (Wildman–Crippen MR) is 115 cm³/mol. The van der Waals surface area contributed by atoms with E-state index in [-0.39, 0.29) is 24.0 Å². The van der Waals surface area contributed by atoms with Gasteiger partial charge in [-0.2, -0.15) is 0 Å². The molecule has 2 rings (SSSR count). The van der Waals surface area contributed by atoms with Crippen molar-refractivity contribution in [1.29, 1.82) is 0 Å². The molecule has 2 heterocycles. The van der Waals surface area contributed by atoms with Crippen LogP contribution in [0.15, 0.2) is 4.99 Å². The molecule has 0 bridgehead atoms. The fourth-order valence-corrected chi connectivity index (χ4v) is 3.51. The lowest BCUT2D eigenvalue weighted by atomic mass is 10.0. The molecule has 5 nitrogen and oxygen atoms in total. The number of guanidine groups is 1. The summed E-state index contributed by atoms with van der Waals surface area (Å²) < 4.78 is 0. The highest BCUT2D eigenvalue weighted by atomic mass is 127. The van der Waals surface area contributed by atoms with Gasteiger partial charge in [0.15, 0.2) is 5.96 Å². The zero-order chi connectivity index (χ0) is 16.5. The van der Waals surface area contributed by atoms with Crippen LogP contribution in [0.4, 0.5) is 0 Å². The summed E-state index contributed by atoms with van der Waals surface area (Å²) in [5, 5.41) is 3.48. The summed E-state index contributed by atoms with van der Waals surface area (Å²) in [6, 6.07) is 0. The van der Waals surface area contributed by atoms with Gasteiger partial charge in [0, 0.05) is 52.4 Å². The second-order valence-electron chi connectivity index (χ2n) is 7.28. The Bertz CT molecular complexity index is 355. The number of likely N-dealkylation sites (N-methyl/N-ethyl adjacent to an activating group) is 1. The van der Waals surface area contributed by atoms with Gasteiger partial charge < -0.3 is 20.0 Å². The molecule has 0 spiro atoms. The molecule has 0 aliphatic carbocycles. The Morgan fingerprint density at radius 2 is 1.88 bits per heavy atom. The van der Waals surface area contributed by atoms with E-state index in [1.807, 2.05) is 0 Å². The quantitative estimate of drug-likeness (QED) is 0.291. The standard InChI is InChI=1S/C18H37N5.HI/c1-4-19-18(23-11-7-8-17(2)16-23)20-9-5-6-10-22-14-12-21(3)13-15-22;/h17H,4-16H2,1-3H3,(H,19,20);1H. The van der Waals surface area contributed by atoms with Gasteiger partial charge in [0.05, 0.1) is 0 Å². The van der Waals surface area contributed by atoms with E-state index >= 15 is 0 Å². The summed E-state index contributed by atoms with van der Waals surface area (Å²) in [5.41, 5.74) is 0. The second-order valence-corrected chi connectivity index (χ2v) is 7.28. The summed E-state index contributed by atoms with van der Waals surface area (Å²) in [5.74, 6) is 1.93. The molecule has 142 valence electrons. The van der Waals surface area contributed by atoms with Gasteiger partial charge in [0.1, 0.15) is 0 Å². The van der Waals surface area contributed by atoms with Crippen molar-refractivity contribution in [3.8, 4) is 0 Å². The van der Waals surface area contributed by atoms with Crippen LogP contribution in [0.25, 0.3) is 0 Å². The summed E-state index contributed by atoms with van der Waals surface area (Å²) in [4.78, 5) is 12.3. The zero-order valence-electron chi connectivity index (χ0n) is 16.0. The number of piperazine rings is 1. The van der Waals surface area contributed by atoms with E-state index in [1.165, 1.54) is 58.4 Å². The zero-order valence-corrected chi connectivity index (χ0v) is 18.3. The van der Waals surface area contributed by atoms with Crippen LogP contribution in [0.3, 0.4) is 0 Å². The maximum Gasteiger partial charge on any atom is 0.193 e. The monoisotopic (exact) mass is 451 g/mol. The van der Waals surface area contributed by atoms with Crippen LogP contribution in [0, 0.1) is 5.92 Å². The van der Waals surface area contributed by atoms with Gasteiger partial charge in [-0.15, -0.1) is 24.0 Å². The molecule has 0 aromatic heterocycles. The lowest BCUT2D eigenvalue weighted by Crippen LogP contribution is -2.46. The number of nitrogens with zero attached hydrogens (tertiary/aromatic N) is 4. The van der Waals surface area contributed by atoms with Crippen molar-refractivity contribution in [2.24, 2.45) is 10.9 Å². The minimum absolute atomic E-state index is 0. The Morgan fingerprint density at radius 1 is 1.12 bits per heavy atom. The normalized spacial score (nSPS) is 23.9. The van der Waals surface area contributed by atoms with E-state index in [0.29, 0.717) is 0 Å². The molecule has 2 aliphatic heterocycles. The Morgan fingerprint density at radius 3 is 2.54 bits per heavy atom. The summed E-state index contributed by atoms with van der Waals surface area (Å²) in [6.07, 6.45) is 5.13. The van der Waals surface area contributed by atoms with Crippen molar-refractivity contribution in [3.05, 3.63) is 0 Å². The number of piperidine rings is 1. The van der Waals surface area contributed by atoms with Crippen LogP contribution in [0.2, 0.25) is 0 Å². The SMILES string of the molecule is CCNC(=NCCCCN1CCN(C)CC1)N1CCCC(C)C1.I. The number of hydrogen-bond acceptors (Lipinski definition) is 3. The van der Waals surface area contributed by atoms with Crippen LogP contribution in [-0.4, -0.2) is 86.6 Å². The number of nitrogens with one attached hydrogen (secondary N) is 1. The molecule has 0 aromatic rings. The number of rotatable bonds is 6. The fraction of sp³-hybridized carbons (Fsp3) is 0.944. The van der Waals surface area contributed by atoms with E-state index in [1.54, 1.807) is 0 Å². The third-order valence-electron chi connectivity index (χ3n) is 5.03. The Kier molecular flexibility index (Phi) is 11.3. The first-order valence-electron chi connectivity index (χ1n) is 9.63. The van der Waals surface area contributed by atoms with Crippen molar-refractivity contribution >= 4 is 29.9 Å². The highest BCUT2D eigenvalue weighted by Crippen LogP contribution is 2.15. The van der Waals surface area contributed by atoms with E-state index in [4.69, 9.17) is 4.99 Å². The molecule has 2 aliphatic rings. The summed E-state index contributed by atoms with van der Waals surface area (Å²) in [7, 11) is 2.22. The van der Waals surface area contributed by atoms with Crippen molar-refractivity contribution in [1.82, 2.24) is 20.0 Å². The van der Waals surface area contributed by atoms with Crippen molar-refractivity contribution in [2.45, 2.75) is 39.5 Å². The third kappa shape index (κ3) is 7.87. The molecule has 0 aromatic carbocycles. The first kappa shape index (κ1) is 22.0. The molecular formula is C18H38IN5. The van der Waals surface area contributed by atoms with Crippen molar-refractivity contribution in [2.75, 3.05) is 66.0 Å². The van der Waals surface area contributed by atoms with Gasteiger partial charge >= 0.3 is 0 Å². The summed E-state index contributed by atoms with van der Waals surface area (Å²) in [6.45, 7) is 14.9. The van der Waals surface area contributed by atoms with Gasteiger partial charge in [-0.05, 0) is 52.1 Å². The predicted octanol–water partition coefficient (Wildman–Crippen LogP) is 2.33. The molecule has 2 fully saturated rings. The second kappa shape index (κ2) is 12.3. The van der Waals surface area contributed by atoms with Crippen LogP contribution < -0.4 is 5.32 Å². The number of aliphatic imine (C=N–C) groups is 1. The molecule has 1 N–H and O–H groups in total. The highest BCUT2D eigenvalue weighted by molar-refractivity contribution is 14.0. The number of halogens is 1. The Hall–Kier alpha value is -0.0800. The topological polar surface area (TPSA) is 34.1 Å². The Labute approximate surface area is 166 Å². The van der Waals surface area contributed by atoms with E-state index in [9.17, 15) is 0 Å². The average molecular weight is 451 g/mol. The van der Waals surface area contributed by atoms with E-state index < -0.39 is 0 Å². The molecular weight excluding hydrogens is 413 g/mol. The first-order valence-corrected chi connectivity index (χ1v) is 9.63. The number of hydrogen-bond donors (Lipinski definition) is 1. The van der Waals surface area contributed by atoms with Crippen LogP contribution in [0.5, 0.6) is 0 Å². The largest absolute Gasteiger partial charge is 0.357 e. The first-order chi connectivity index (χ1) is 11.2. The third-order valence-corrected chi connectivity index (χ3v) is 5.03. The fourth-order valence-electron chi connectivity index (χ4n) is 3.51. The molecule has 0 amide bonds. The van der Waals surface area contributed by atoms with Crippen molar-refractivity contribution in [3.63, 3.8) is 0 Å². The molecule has 0 saturated carbocycles. The summed E-state index contributed by atoms with van der Waals surface area (Å²) >= 11 is 0. The maximum absolute atomic E-state index is 4.87. The molecule has 2 saturated heterocycles. The van der Waals surface area contributed by atoms with Gasteiger partial charge in [0.25, 0.3) is 0 Å².